The molecular weight excluding hydrogens is 322 g/mol. The lowest BCUT2D eigenvalue weighted by Gasteiger charge is -2.40. The van der Waals surface area contributed by atoms with Crippen molar-refractivity contribution in [2.75, 3.05) is 13.2 Å². The fourth-order valence-electron chi connectivity index (χ4n) is 4.74. The second-order valence-electron chi connectivity index (χ2n) is 8.37. The molecule has 4 atom stereocenters. The number of hydrogen-bond donors (Lipinski definition) is 2. The summed E-state index contributed by atoms with van der Waals surface area (Å²) in [6.45, 7) is 8.71. The van der Waals surface area contributed by atoms with Gasteiger partial charge in [-0.2, -0.15) is 0 Å². The van der Waals surface area contributed by atoms with Gasteiger partial charge in [-0.25, -0.2) is 0 Å². The third-order valence-electron chi connectivity index (χ3n) is 6.89. The molecule has 0 amide bonds. The van der Waals surface area contributed by atoms with Crippen molar-refractivity contribution in [2.24, 2.45) is 16.7 Å². The van der Waals surface area contributed by atoms with Gasteiger partial charge in [0.25, 0.3) is 0 Å². The van der Waals surface area contributed by atoms with E-state index < -0.39 is 6.10 Å². The van der Waals surface area contributed by atoms with Crippen LogP contribution in [0.3, 0.4) is 0 Å². The highest BCUT2D eigenvalue weighted by atomic mass is 35.5. The van der Waals surface area contributed by atoms with Gasteiger partial charge in [-0.05, 0) is 53.7 Å². The van der Waals surface area contributed by atoms with Crippen molar-refractivity contribution in [2.45, 2.75) is 58.8 Å². The second-order valence-corrected chi connectivity index (χ2v) is 8.80. The number of benzene rings is 1. The highest BCUT2D eigenvalue weighted by Crippen LogP contribution is 2.65. The molecule has 4 heteroatoms. The molecule has 2 aliphatic carbocycles. The minimum atomic E-state index is -0.469. The van der Waals surface area contributed by atoms with Gasteiger partial charge in [0, 0.05) is 17.6 Å². The van der Waals surface area contributed by atoms with Crippen molar-refractivity contribution in [3.8, 4) is 0 Å². The van der Waals surface area contributed by atoms with Crippen LogP contribution in [0, 0.1) is 16.7 Å². The Morgan fingerprint density at radius 1 is 1.29 bits per heavy atom. The first-order valence-electron chi connectivity index (χ1n) is 9.06. The summed E-state index contributed by atoms with van der Waals surface area (Å²) in [6, 6.07) is 8.12. The van der Waals surface area contributed by atoms with Crippen LogP contribution in [0.25, 0.3) is 0 Å². The lowest BCUT2D eigenvalue weighted by Crippen LogP contribution is -2.47. The zero-order chi connectivity index (χ0) is 17.4. The molecule has 0 heterocycles. The molecule has 2 fully saturated rings. The van der Waals surface area contributed by atoms with Gasteiger partial charge in [0.2, 0.25) is 0 Å². The Balaban J connectivity index is 1.40. The summed E-state index contributed by atoms with van der Waals surface area (Å²) in [6.07, 6.45) is 3.42. The molecule has 134 valence electrons. The summed E-state index contributed by atoms with van der Waals surface area (Å²) in [5.41, 5.74) is 1.82. The van der Waals surface area contributed by atoms with Gasteiger partial charge in [-0.3, -0.25) is 0 Å². The van der Waals surface area contributed by atoms with Gasteiger partial charge in [0.05, 0.1) is 19.3 Å². The zero-order valence-corrected chi connectivity index (χ0v) is 15.8. The monoisotopic (exact) mass is 351 g/mol. The van der Waals surface area contributed by atoms with Gasteiger partial charge < -0.3 is 15.2 Å². The molecule has 2 saturated carbocycles. The SMILES string of the molecule is CC1(C)[C@H]2CC[C@]1(C)[C@@H](NC[C@H](O)COCc1ccc(Cl)cc1)C2. The zero-order valence-electron chi connectivity index (χ0n) is 15.0. The van der Waals surface area contributed by atoms with Gasteiger partial charge in [-0.15, -0.1) is 0 Å². The van der Waals surface area contributed by atoms with Crippen LogP contribution in [-0.4, -0.2) is 30.4 Å². The average Bonchev–Trinajstić information content (AvgIpc) is 2.88. The van der Waals surface area contributed by atoms with E-state index in [2.05, 4.69) is 26.1 Å². The Morgan fingerprint density at radius 3 is 2.58 bits per heavy atom. The Hall–Kier alpha value is -0.610. The summed E-state index contributed by atoms with van der Waals surface area (Å²) in [5, 5.41) is 14.6. The largest absolute Gasteiger partial charge is 0.389 e. The first kappa shape index (κ1) is 18.2. The molecule has 0 saturated heterocycles. The minimum Gasteiger partial charge on any atom is -0.389 e. The van der Waals surface area contributed by atoms with Crippen LogP contribution in [-0.2, 0) is 11.3 Å². The van der Waals surface area contributed by atoms with Crippen molar-refractivity contribution in [3.05, 3.63) is 34.9 Å². The van der Waals surface area contributed by atoms with E-state index in [0.717, 1.165) is 16.5 Å². The maximum atomic E-state index is 10.2. The van der Waals surface area contributed by atoms with E-state index in [1.54, 1.807) is 0 Å². The second kappa shape index (κ2) is 6.95. The Morgan fingerprint density at radius 2 is 2.00 bits per heavy atom. The third-order valence-corrected chi connectivity index (χ3v) is 7.14. The number of nitrogens with one attached hydrogen (secondary N) is 1. The van der Waals surface area contributed by atoms with Gasteiger partial charge in [0.1, 0.15) is 0 Å². The molecule has 0 unspecified atom stereocenters. The quantitative estimate of drug-likeness (QED) is 0.779. The van der Waals surface area contributed by atoms with Crippen LogP contribution in [0.15, 0.2) is 24.3 Å². The first-order chi connectivity index (χ1) is 11.3. The highest BCUT2D eigenvalue weighted by Gasteiger charge is 2.60. The number of ether oxygens (including phenoxy) is 1. The minimum absolute atomic E-state index is 0.349. The fraction of sp³-hybridized carbons (Fsp3) is 0.700. The lowest BCUT2D eigenvalue weighted by atomic mass is 9.69. The van der Waals surface area contributed by atoms with Crippen molar-refractivity contribution in [1.29, 1.82) is 0 Å². The van der Waals surface area contributed by atoms with Gasteiger partial charge >= 0.3 is 0 Å². The molecule has 0 aliphatic heterocycles. The average molecular weight is 352 g/mol. The lowest BCUT2D eigenvalue weighted by molar-refractivity contribution is 0.0231. The number of halogens is 1. The van der Waals surface area contributed by atoms with Crippen LogP contribution in [0.4, 0.5) is 0 Å². The van der Waals surface area contributed by atoms with E-state index in [1.807, 2.05) is 24.3 Å². The number of rotatable bonds is 7. The van der Waals surface area contributed by atoms with E-state index in [4.69, 9.17) is 16.3 Å². The van der Waals surface area contributed by atoms with E-state index in [-0.39, 0.29) is 0 Å². The molecule has 0 spiro atoms. The molecule has 1 aromatic rings. The fourth-order valence-corrected chi connectivity index (χ4v) is 4.87. The summed E-state index contributed by atoms with van der Waals surface area (Å²) in [7, 11) is 0. The third kappa shape index (κ3) is 3.37. The number of aliphatic hydroxyl groups excluding tert-OH is 1. The van der Waals surface area contributed by atoms with Crippen molar-refractivity contribution >= 4 is 11.6 Å². The maximum Gasteiger partial charge on any atom is 0.0897 e. The number of fused-ring (bicyclic) bond motifs is 2. The highest BCUT2D eigenvalue weighted by molar-refractivity contribution is 6.30. The Bertz CT molecular complexity index is 559. The van der Waals surface area contributed by atoms with Gasteiger partial charge in [0.15, 0.2) is 0 Å². The van der Waals surface area contributed by atoms with Crippen LogP contribution in [0.2, 0.25) is 5.02 Å². The Kier molecular flexibility index (Phi) is 5.27. The summed E-state index contributed by atoms with van der Waals surface area (Å²) in [4.78, 5) is 0. The van der Waals surface area contributed by atoms with Crippen LogP contribution in [0.5, 0.6) is 0 Å². The molecule has 3 nitrogen and oxygen atoms in total. The predicted molar refractivity (Wildman–Crippen MR) is 98.1 cm³/mol. The van der Waals surface area contributed by atoms with E-state index >= 15 is 0 Å². The molecule has 0 radical (unpaired) electrons. The van der Waals surface area contributed by atoms with E-state index in [9.17, 15) is 5.11 Å². The van der Waals surface area contributed by atoms with Crippen LogP contribution in [0.1, 0.15) is 45.6 Å². The first-order valence-corrected chi connectivity index (χ1v) is 9.44. The van der Waals surface area contributed by atoms with Crippen LogP contribution < -0.4 is 5.32 Å². The van der Waals surface area contributed by atoms with Crippen molar-refractivity contribution in [3.63, 3.8) is 0 Å². The van der Waals surface area contributed by atoms with Crippen molar-refractivity contribution < 1.29 is 9.84 Å². The van der Waals surface area contributed by atoms with E-state index in [1.165, 1.54) is 19.3 Å². The molecular formula is C20H30ClNO2. The molecule has 3 rings (SSSR count). The normalized spacial score (nSPS) is 32.2. The molecule has 1 aromatic carbocycles. The maximum absolute atomic E-state index is 10.2. The summed E-state index contributed by atoms with van der Waals surface area (Å²) in [5.74, 6) is 0.818. The smallest absolute Gasteiger partial charge is 0.0897 e. The van der Waals surface area contributed by atoms with E-state index in [0.29, 0.717) is 36.6 Å². The van der Waals surface area contributed by atoms with Gasteiger partial charge in [-0.1, -0.05) is 44.5 Å². The number of aliphatic hydroxyl groups is 1. The predicted octanol–water partition coefficient (Wildman–Crippen LogP) is 4.02. The molecule has 2 N–H and O–H groups in total. The number of hydrogen-bond acceptors (Lipinski definition) is 3. The molecule has 0 aromatic heterocycles. The van der Waals surface area contributed by atoms with Crippen molar-refractivity contribution in [1.82, 2.24) is 5.32 Å². The molecule has 2 aliphatic rings. The topological polar surface area (TPSA) is 41.5 Å². The summed E-state index contributed by atoms with van der Waals surface area (Å²) < 4.78 is 5.63. The molecule has 2 bridgehead atoms. The summed E-state index contributed by atoms with van der Waals surface area (Å²) >= 11 is 5.87. The van der Waals surface area contributed by atoms with Crippen LogP contribution >= 0.6 is 11.6 Å². The standard InChI is InChI=1S/C20H30ClNO2/c1-19(2)15-8-9-20(19,3)18(10-15)22-11-17(23)13-24-12-14-4-6-16(21)7-5-14/h4-7,15,17-18,22-23H,8-13H2,1-3H3/t15-,17-,18-,20+/m0/s1. The Labute approximate surface area is 150 Å². The molecule has 24 heavy (non-hydrogen) atoms.